The summed E-state index contributed by atoms with van der Waals surface area (Å²) in [6.07, 6.45) is 17.4. The first-order valence-corrected chi connectivity index (χ1v) is 11.6. The summed E-state index contributed by atoms with van der Waals surface area (Å²) in [5, 5.41) is 0. The summed E-state index contributed by atoms with van der Waals surface area (Å²) in [5.41, 5.74) is 1.30. The lowest BCUT2D eigenvalue weighted by atomic mass is 9.99. The maximum Gasteiger partial charge on any atom is -0.00305 e. The van der Waals surface area contributed by atoms with E-state index in [0.29, 0.717) is 0 Å². The summed E-state index contributed by atoms with van der Waals surface area (Å²) in [6, 6.07) is 0. The van der Waals surface area contributed by atoms with Crippen LogP contribution in [0.4, 0.5) is 0 Å². The number of hydrogen-bond donors (Lipinski definition) is 0. The molecule has 0 spiro atoms. The van der Waals surface area contributed by atoms with Crippen LogP contribution in [0.2, 0.25) is 0 Å². The molecule has 1 heteroatoms. The van der Waals surface area contributed by atoms with Crippen LogP contribution in [-0.2, 0) is 0 Å². The molecule has 1 saturated carbocycles. The van der Waals surface area contributed by atoms with E-state index in [2.05, 4.69) is 46.4 Å². The Morgan fingerprint density at radius 2 is 1.83 bits per heavy atom. The Bertz CT molecular complexity index is 274. The predicted octanol–water partition coefficient (Wildman–Crippen LogP) is 8.68. The highest BCUT2D eigenvalue weighted by Gasteiger charge is 2.10. The quantitative estimate of drug-likeness (QED) is 0.279. The second-order valence-electron chi connectivity index (χ2n) is 6.86. The Balaban J connectivity index is 0. The molecule has 0 bridgehead atoms. The van der Waals surface area contributed by atoms with Crippen molar-refractivity contribution in [2.75, 3.05) is 11.5 Å². The average molecular weight is 355 g/mol. The fourth-order valence-corrected chi connectivity index (χ4v) is 3.50. The summed E-state index contributed by atoms with van der Waals surface area (Å²) >= 11 is 1.98. The van der Waals surface area contributed by atoms with E-state index in [-0.39, 0.29) is 0 Å². The lowest BCUT2D eigenvalue weighted by molar-refractivity contribution is 0.510. The molecule has 0 amide bonds. The van der Waals surface area contributed by atoms with Crippen LogP contribution >= 0.6 is 11.8 Å². The minimum atomic E-state index is 0.896. The van der Waals surface area contributed by atoms with Crippen LogP contribution in [0.1, 0.15) is 99.3 Å². The van der Waals surface area contributed by atoms with E-state index in [1.54, 1.807) is 0 Å². The van der Waals surface area contributed by atoms with Crippen LogP contribution in [-0.4, -0.2) is 11.5 Å². The molecule has 1 aliphatic rings. The van der Waals surface area contributed by atoms with E-state index < -0.39 is 0 Å². The van der Waals surface area contributed by atoms with Gasteiger partial charge in [-0.05, 0) is 55.9 Å². The first-order chi connectivity index (χ1) is 11.6. The second kappa shape index (κ2) is 20.9. The molecule has 0 N–H and O–H groups in total. The van der Waals surface area contributed by atoms with E-state index >= 15 is 0 Å². The third-order valence-electron chi connectivity index (χ3n) is 4.27. The molecule has 144 valence electrons. The van der Waals surface area contributed by atoms with Gasteiger partial charge in [0.2, 0.25) is 0 Å². The lowest BCUT2D eigenvalue weighted by Gasteiger charge is -2.07. The fourth-order valence-electron chi connectivity index (χ4n) is 2.71. The van der Waals surface area contributed by atoms with Crippen LogP contribution < -0.4 is 0 Å². The highest BCUT2D eigenvalue weighted by molar-refractivity contribution is 7.99. The molecule has 1 rings (SSSR count). The van der Waals surface area contributed by atoms with Gasteiger partial charge in [0.15, 0.2) is 0 Å². The Kier molecular flexibility index (Phi) is 22.7. The van der Waals surface area contributed by atoms with Crippen molar-refractivity contribution in [2.24, 2.45) is 11.8 Å². The fraction of sp³-hybridized carbons (Fsp3) is 0.826. The Hall–Kier alpha value is -0.170. The van der Waals surface area contributed by atoms with Crippen LogP contribution in [0.3, 0.4) is 0 Å². The first kappa shape index (κ1) is 26.1. The van der Waals surface area contributed by atoms with Crippen molar-refractivity contribution in [3.63, 3.8) is 0 Å². The highest BCUT2D eigenvalue weighted by Crippen LogP contribution is 2.26. The van der Waals surface area contributed by atoms with Crippen molar-refractivity contribution < 1.29 is 0 Å². The topological polar surface area (TPSA) is 0 Å². The average Bonchev–Trinajstić information content (AvgIpc) is 3.09. The SMILES string of the molecule is C=C(C)CCSCC.CC.CCCCC(C)C/C=C/C1CCCC1. The van der Waals surface area contributed by atoms with Gasteiger partial charge in [-0.15, -0.1) is 6.58 Å². The molecule has 0 aliphatic heterocycles. The van der Waals surface area contributed by atoms with Crippen LogP contribution in [0.25, 0.3) is 0 Å². The van der Waals surface area contributed by atoms with Gasteiger partial charge in [-0.25, -0.2) is 0 Å². The van der Waals surface area contributed by atoms with Crippen LogP contribution in [0.5, 0.6) is 0 Å². The molecular weight excluding hydrogens is 308 g/mol. The maximum atomic E-state index is 3.81. The lowest BCUT2D eigenvalue weighted by Crippen LogP contribution is -1.93. The van der Waals surface area contributed by atoms with Crippen molar-refractivity contribution in [1.29, 1.82) is 0 Å². The van der Waals surface area contributed by atoms with E-state index in [4.69, 9.17) is 0 Å². The van der Waals surface area contributed by atoms with E-state index in [0.717, 1.165) is 11.8 Å². The molecular formula is C23H46S. The molecule has 0 nitrogen and oxygen atoms in total. The monoisotopic (exact) mass is 354 g/mol. The molecule has 0 heterocycles. The van der Waals surface area contributed by atoms with Gasteiger partial charge in [0.1, 0.15) is 0 Å². The summed E-state index contributed by atoms with van der Waals surface area (Å²) in [6.45, 7) is 16.7. The number of allylic oxidation sites excluding steroid dienone is 3. The molecule has 1 unspecified atom stereocenters. The van der Waals surface area contributed by atoms with Crippen molar-refractivity contribution in [3.05, 3.63) is 24.3 Å². The Morgan fingerprint density at radius 1 is 1.21 bits per heavy atom. The van der Waals surface area contributed by atoms with Gasteiger partial charge >= 0.3 is 0 Å². The first-order valence-electron chi connectivity index (χ1n) is 10.5. The van der Waals surface area contributed by atoms with Gasteiger partial charge in [-0.3, -0.25) is 0 Å². The molecule has 1 fully saturated rings. The number of hydrogen-bond acceptors (Lipinski definition) is 1. The second-order valence-corrected chi connectivity index (χ2v) is 8.25. The molecule has 0 aromatic carbocycles. The largest absolute Gasteiger partial charge is 0.162 e. The molecule has 1 aliphatic carbocycles. The smallest absolute Gasteiger partial charge is 0.00305 e. The van der Waals surface area contributed by atoms with Crippen LogP contribution in [0.15, 0.2) is 24.3 Å². The normalized spacial score (nSPS) is 15.4. The Morgan fingerprint density at radius 3 is 2.33 bits per heavy atom. The van der Waals surface area contributed by atoms with E-state index in [1.165, 1.54) is 74.9 Å². The molecule has 0 saturated heterocycles. The highest BCUT2D eigenvalue weighted by atomic mass is 32.2. The molecule has 0 aromatic heterocycles. The van der Waals surface area contributed by atoms with Gasteiger partial charge in [0.05, 0.1) is 0 Å². The number of unbranched alkanes of at least 4 members (excludes halogenated alkanes) is 1. The molecule has 0 radical (unpaired) electrons. The minimum Gasteiger partial charge on any atom is -0.162 e. The zero-order valence-corrected chi connectivity index (χ0v) is 18.5. The van der Waals surface area contributed by atoms with Crippen molar-refractivity contribution in [1.82, 2.24) is 0 Å². The summed E-state index contributed by atoms with van der Waals surface area (Å²) in [5.74, 6) is 4.29. The van der Waals surface area contributed by atoms with Gasteiger partial charge in [-0.2, -0.15) is 11.8 Å². The van der Waals surface area contributed by atoms with Gasteiger partial charge in [-0.1, -0.05) is 84.4 Å². The predicted molar refractivity (Wildman–Crippen MR) is 118 cm³/mol. The summed E-state index contributed by atoms with van der Waals surface area (Å²) in [7, 11) is 0. The maximum absolute atomic E-state index is 3.81. The molecule has 1 atom stereocenters. The van der Waals surface area contributed by atoms with Gasteiger partial charge in [0, 0.05) is 0 Å². The van der Waals surface area contributed by atoms with Gasteiger partial charge in [0.25, 0.3) is 0 Å². The minimum absolute atomic E-state index is 0.896. The number of thioether (sulfide) groups is 1. The number of rotatable bonds is 10. The third-order valence-corrected chi connectivity index (χ3v) is 5.18. The van der Waals surface area contributed by atoms with Gasteiger partial charge < -0.3 is 0 Å². The van der Waals surface area contributed by atoms with Crippen molar-refractivity contribution in [2.45, 2.75) is 99.3 Å². The summed E-state index contributed by atoms with van der Waals surface area (Å²) in [4.78, 5) is 0. The third kappa shape index (κ3) is 19.9. The van der Waals surface area contributed by atoms with E-state index in [9.17, 15) is 0 Å². The Labute approximate surface area is 159 Å². The van der Waals surface area contributed by atoms with Crippen molar-refractivity contribution in [3.8, 4) is 0 Å². The molecule has 24 heavy (non-hydrogen) atoms. The van der Waals surface area contributed by atoms with Crippen molar-refractivity contribution >= 4 is 11.8 Å². The summed E-state index contributed by atoms with van der Waals surface area (Å²) < 4.78 is 0. The molecule has 0 aromatic rings. The van der Waals surface area contributed by atoms with E-state index in [1.807, 2.05) is 25.6 Å². The van der Waals surface area contributed by atoms with Crippen LogP contribution in [0, 0.1) is 11.8 Å². The zero-order chi connectivity index (χ0) is 18.6. The zero-order valence-electron chi connectivity index (χ0n) is 17.7. The standard InChI is InChI=1S/C14H26.C7H14S.C2H6/c1-3-4-8-13(2)9-7-12-14-10-5-6-11-14;1-4-8-6-5-7(2)3;1-2/h7,12-14H,3-6,8-11H2,1-2H3;2,4-6H2,1,3H3;1-2H3/b12-7+;;.